The van der Waals surface area contributed by atoms with Crippen LogP contribution in [-0.2, 0) is 0 Å². The van der Waals surface area contributed by atoms with Gasteiger partial charge in [0.2, 0.25) is 0 Å². The minimum atomic E-state index is 0.416. The quantitative estimate of drug-likeness (QED) is 0.648. The van der Waals surface area contributed by atoms with Gasteiger partial charge in [-0.2, -0.15) is 0 Å². The second-order valence-electron chi connectivity index (χ2n) is 7.51. The van der Waals surface area contributed by atoms with Crippen LogP contribution in [0.2, 0.25) is 0 Å². The fourth-order valence-corrected chi connectivity index (χ4v) is 4.14. The molecule has 0 radical (unpaired) electrons. The summed E-state index contributed by atoms with van der Waals surface area (Å²) in [5, 5.41) is 0. The predicted molar refractivity (Wildman–Crippen MR) is 114 cm³/mol. The van der Waals surface area contributed by atoms with Crippen molar-refractivity contribution in [3.63, 3.8) is 0 Å². The fourth-order valence-electron chi connectivity index (χ4n) is 4.14. The molecule has 0 aromatic heterocycles. The Bertz CT molecular complexity index is 863. The molecular formula is C26H28N2+2. The van der Waals surface area contributed by atoms with Gasteiger partial charge in [0.1, 0.15) is 38.8 Å². The van der Waals surface area contributed by atoms with Crippen LogP contribution in [0.3, 0.4) is 0 Å². The Balaban J connectivity index is 1.41. The van der Waals surface area contributed by atoms with E-state index in [1.54, 1.807) is 9.80 Å². The van der Waals surface area contributed by atoms with E-state index in [0.29, 0.717) is 6.04 Å². The minimum absolute atomic E-state index is 0.416. The topological polar surface area (TPSA) is 8.88 Å². The van der Waals surface area contributed by atoms with E-state index in [2.05, 4.69) is 84.6 Å². The molecule has 0 amide bonds. The summed E-state index contributed by atoms with van der Waals surface area (Å²) in [6, 6.07) is 32.6. The van der Waals surface area contributed by atoms with Crippen LogP contribution in [0, 0.1) is 11.8 Å². The van der Waals surface area contributed by atoms with Crippen LogP contribution < -0.4 is 9.80 Å². The van der Waals surface area contributed by atoms with Crippen LogP contribution in [0.5, 0.6) is 0 Å². The van der Waals surface area contributed by atoms with Crippen molar-refractivity contribution < 1.29 is 9.80 Å². The summed E-state index contributed by atoms with van der Waals surface area (Å²) in [5.74, 6) is 6.68. The Morgan fingerprint density at radius 3 is 1.68 bits per heavy atom. The summed E-state index contributed by atoms with van der Waals surface area (Å²) in [4.78, 5) is 3.27. The summed E-state index contributed by atoms with van der Waals surface area (Å²) in [6.07, 6.45) is 0. The molecule has 1 aliphatic heterocycles. The zero-order chi connectivity index (χ0) is 19.0. The minimum Gasteiger partial charge on any atom is -0.316 e. The van der Waals surface area contributed by atoms with Gasteiger partial charge in [-0.3, -0.25) is 0 Å². The maximum absolute atomic E-state index is 3.38. The molecule has 0 unspecified atom stereocenters. The molecule has 1 fully saturated rings. The third kappa shape index (κ3) is 4.70. The second-order valence-corrected chi connectivity index (χ2v) is 7.51. The van der Waals surface area contributed by atoms with Gasteiger partial charge >= 0.3 is 0 Å². The molecule has 0 saturated carbocycles. The lowest BCUT2D eigenvalue weighted by Gasteiger charge is -2.34. The maximum atomic E-state index is 3.38. The summed E-state index contributed by atoms with van der Waals surface area (Å²) in [5.41, 5.74) is 3.94. The molecule has 3 aromatic rings. The van der Waals surface area contributed by atoms with Crippen LogP contribution in [0.1, 0.15) is 22.7 Å². The highest BCUT2D eigenvalue weighted by molar-refractivity contribution is 5.33. The monoisotopic (exact) mass is 368 g/mol. The van der Waals surface area contributed by atoms with Gasteiger partial charge in [-0.05, 0) is 18.1 Å². The first-order chi connectivity index (χ1) is 13.9. The van der Waals surface area contributed by atoms with Gasteiger partial charge in [-0.15, -0.1) is 0 Å². The van der Waals surface area contributed by atoms with E-state index in [-0.39, 0.29) is 0 Å². The van der Waals surface area contributed by atoms with Crippen molar-refractivity contribution in [3.8, 4) is 11.8 Å². The highest BCUT2D eigenvalue weighted by Gasteiger charge is 2.31. The molecule has 0 spiro atoms. The van der Waals surface area contributed by atoms with Crippen molar-refractivity contribution in [2.45, 2.75) is 6.04 Å². The highest BCUT2D eigenvalue weighted by atomic mass is 15.3. The van der Waals surface area contributed by atoms with Gasteiger partial charge < -0.3 is 9.80 Å². The summed E-state index contributed by atoms with van der Waals surface area (Å²) in [6.45, 7) is 5.64. The van der Waals surface area contributed by atoms with Crippen LogP contribution in [0.25, 0.3) is 0 Å². The van der Waals surface area contributed by atoms with E-state index >= 15 is 0 Å². The van der Waals surface area contributed by atoms with Gasteiger partial charge in [0.15, 0.2) is 0 Å². The standard InChI is InChI=1S/C26H26N2/c1-4-11-23(12-5-1)13-10-18-27-19-21-28(22-20-27)26(24-14-6-2-7-15-24)25-16-8-3-9-17-25/h1-9,11-12,14-17,26H,18-22H2/p+2. The molecule has 0 aliphatic carbocycles. The Labute approximate surface area is 168 Å². The summed E-state index contributed by atoms with van der Waals surface area (Å²) >= 11 is 0. The summed E-state index contributed by atoms with van der Waals surface area (Å²) in [7, 11) is 0. The molecule has 1 heterocycles. The third-order valence-corrected chi connectivity index (χ3v) is 5.62. The molecule has 2 heteroatoms. The first-order valence-electron chi connectivity index (χ1n) is 10.2. The molecular weight excluding hydrogens is 340 g/mol. The number of piperazine rings is 1. The Hall–Kier alpha value is -2.86. The van der Waals surface area contributed by atoms with Crippen molar-refractivity contribution in [1.29, 1.82) is 0 Å². The molecule has 28 heavy (non-hydrogen) atoms. The number of benzene rings is 3. The Morgan fingerprint density at radius 1 is 0.643 bits per heavy atom. The molecule has 1 aliphatic rings. The van der Waals surface area contributed by atoms with Crippen LogP contribution >= 0.6 is 0 Å². The van der Waals surface area contributed by atoms with Crippen molar-refractivity contribution in [3.05, 3.63) is 108 Å². The van der Waals surface area contributed by atoms with Crippen LogP contribution in [0.15, 0.2) is 91.0 Å². The zero-order valence-corrected chi connectivity index (χ0v) is 16.3. The number of hydrogen-bond donors (Lipinski definition) is 2. The van der Waals surface area contributed by atoms with Gasteiger partial charge in [0, 0.05) is 16.7 Å². The smallest absolute Gasteiger partial charge is 0.140 e. The first-order valence-corrected chi connectivity index (χ1v) is 10.2. The zero-order valence-electron chi connectivity index (χ0n) is 16.3. The molecule has 4 rings (SSSR count). The van der Waals surface area contributed by atoms with E-state index < -0.39 is 0 Å². The van der Waals surface area contributed by atoms with Crippen LogP contribution in [-0.4, -0.2) is 32.7 Å². The average Bonchev–Trinajstić information content (AvgIpc) is 2.77. The SMILES string of the molecule is C(#Cc1ccccc1)C[NH+]1CC[NH+](C(c2ccccc2)c2ccccc2)CC1. The van der Waals surface area contributed by atoms with Gasteiger partial charge in [-0.1, -0.05) is 84.8 Å². The highest BCUT2D eigenvalue weighted by Crippen LogP contribution is 2.18. The number of nitrogens with one attached hydrogen (secondary N) is 2. The third-order valence-electron chi connectivity index (χ3n) is 5.62. The Morgan fingerprint density at radius 2 is 1.14 bits per heavy atom. The van der Waals surface area contributed by atoms with Crippen molar-refractivity contribution in [2.24, 2.45) is 0 Å². The van der Waals surface area contributed by atoms with Gasteiger partial charge in [0.25, 0.3) is 0 Å². The first kappa shape index (κ1) is 18.5. The fraction of sp³-hybridized carbons (Fsp3) is 0.231. The second kappa shape index (κ2) is 9.37. The van der Waals surface area contributed by atoms with Crippen molar-refractivity contribution >= 4 is 0 Å². The van der Waals surface area contributed by atoms with Crippen molar-refractivity contribution in [2.75, 3.05) is 32.7 Å². The number of quaternary nitrogens is 2. The number of rotatable bonds is 4. The molecule has 0 atom stereocenters. The molecule has 140 valence electrons. The lowest BCUT2D eigenvalue weighted by molar-refractivity contribution is -1.02. The average molecular weight is 369 g/mol. The van der Waals surface area contributed by atoms with Gasteiger partial charge in [0.05, 0.1) is 0 Å². The van der Waals surface area contributed by atoms with Crippen molar-refractivity contribution in [1.82, 2.24) is 0 Å². The number of hydrogen-bond acceptors (Lipinski definition) is 0. The lowest BCUT2D eigenvalue weighted by Crippen LogP contribution is -3.28. The van der Waals surface area contributed by atoms with E-state index in [1.165, 1.54) is 37.3 Å². The molecule has 3 aromatic carbocycles. The van der Waals surface area contributed by atoms with E-state index in [0.717, 1.165) is 12.1 Å². The summed E-state index contributed by atoms with van der Waals surface area (Å²) < 4.78 is 0. The van der Waals surface area contributed by atoms with E-state index in [9.17, 15) is 0 Å². The molecule has 1 saturated heterocycles. The van der Waals surface area contributed by atoms with E-state index in [1.807, 2.05) is 18.2 Å². The predicted octanol–water partition coefficient (Wildman–Crippen LogP) is 1.61. The van der Waals surface area contributed by atoms with Gasteiger partial charge in [-0.25, -0.2) is 0 Å². The molecule has 2 N–H and O–H groups in total. The normalized spacial score (nSPS) is 19.0. The van der Waals surface area contributed by atoms with Crippen LogP contribution in [0.4, 0.5) is 0 Å². The lowest BCUT2D eigenvalue weighted by atomic mass is 9.96. The molecule has 2 nitrogen and oxygen atoms in total. The van der Waals surface area contributed by atoms with E-state index in [4.69, 9.17) is 0 Å². The Kier molecular flexibility index (Phi) is 6.19. The molecule has 0 bridgehead atoms. The largest absolute Gasteiger partial charge is 0.316 e. The maximum Gasteiger partial charge on any atom is 0.140 e.